The second-order valence-corrected chi connectivity index (χ2v) is 12.3. The van der Waals surface area contributed by atoms with Crippen LogP contribution in [0.5, 0.6) is 0 Å². The highest BCUT2D eigenvalue weighted by Gasteiger charge is 2.08. The summed E-state index contributed by atoms with van der Waals surface area (Å²) < 4.78 is 5.39. The zero-order valence-electron chi connectivity index (χ0n) is 27.5. The van der Waals surface area contributed by atoms with Crippen LogP contribution in [0.4, 0.5) is 0 Å². The average Bonchev–Trinajstić information content (AvgIpc) is 2.96. The first-order valence-corrected chi connectivity index (χ1v) is 18.2. The minimum atomic E-state index is 0.145. The quantitative estimate of drug-likeness (QED) is 0.0444. The molecule has 0 heterocycles. The lowest BCUT2D eigenvalue weighted by atomic mass is 10.0. The topological polar surface area (TPSA) is 26.3 Å². The van der Waals surface area contributed by atoms with Gasteiger partial charge in [0.15, 0.2) is 0 Å². The van der Waals surface area contributed by atoms with Crippen molar-refractivity contribution >= 4 is 6.47 Å². The van der Waals surface area contributed by atoms with E-state index >= 15 is 0 Å². The van der Waals surface area contributed by atoms with Crippen molar-refractivity contribution in [2.24, 2.45) is 0 Å². The van der Waals surface area contributed by atoms with Crippen molar-refractivity contribution in [2.75, 3.05) is 0 Å². The number of ether oxygens (including phenoxy) is 1. The van der Waals surface area contributed by atoms with Crippen LogP contribution >= 0.6 is 0 Å². The van der Waals surface area contributed by atoms with Gasteiger partial charge in [-0.1, -0.05) is 154 Å². The maximum absolute atomic E-state index is 10.9. The van der Waals surface area contributed by atoms with Gasteiger partial charge in [-0.2, -0.15) is 0 Å². The smallest absolute Gasteiger partial charge is 0.293 e. The van der Waals surface area contributed by atoms with Crippen molar-refractivity contribution in [3.63, 3.8) is 0 Å². The number of hydrogen-bond donors (Lipinski definition) is 0. The van der Waals surface area contributed by atoms with Gasteiger partial charge in [-0.05, 0) is 77.0 Å². The molecule has 236 valence electrons. The van der Waals surface area contributed by atoms with Gasteiger partial charge in [0.2, 0.25) is 0 Å². The van der Waals surface area contributed by atoms with Gasteiger partial charge in [-0.15, -0.1) is 0 Å². The van der Waals surface area contributed by atoms with Crippen LogP contribution in [0.3, 0.4) is 0 Å². The largest absolute Gasteiger partial charge is 0.465 e. The van der Waals surface area contributed by atoms with Crippen LogP contribution in [0, 0.1) is 0 Å². The summed E-state index contributed by atoms with van der Waals surface area (Å²) in [6.07, 6.45) is 49.3. The summed E-state index contributed by atoms with van der Waals surface area (Å²) >= 11 is 0. The molecule has 0 aliphatic heterocycles. The van der Waals surface area contributed by atoms with E-state index < -0.39 is 0 Å². The summed E-state index contributed by atoms with van der Waals surface area (Å²) in [5.74, 6) is 0. The second-order valence-electron chi connectivity index (χ2n) is 12.3. The molecule has 0 radical (unpaired) electrons. The van der Waals surface area contributed by atoms with E-state index in [-0.39, 0.29) is 6.10 Å². The lowest BCUT2D eigenvalue weighted by molar-refractivity contribution is -0.134. The van der Waals surface area contributed by atoms with E-state index in [1.165, 1.54) is 180 Å². The van der Waals surface area contributed by atoms with E-state index in [0.717, 1.165) is 12.8 Å². The number of carbonyl (C=O) groups is 1. The molecule has 0 spiro atoms. The SMILES string of the molecule is CCCCCCCC/C=C\CCCCCCCCC(CCCCCCCC/C=C\CCCCCCCC)OC=O. The molecule has 2 nitrogen and oxygen atoms in total. The van der Waals surface area contributed by atoms with Crippen LogP contribution in [0.15, 0.2) is 24.3 Å². The normalized spacial score (nSPS) is 11.9. The molecule has 0 saturated heterocycles. The number of carbonyl (C=O) groups excluding carboxylic acids is 1. The molecule has 0 atom stereocenters. The maximum Gasteiger partial charge on any atom is 0.293 e. The molecule has 0 rings (SSSR count). The Balaban J connectivity index is 3.45. The monoisotopic (exact) mass is 561 g/mol. The van der Waals surface area contributed by atoms with E-state index in [1.54, 1.807) is 0 Å². The highest BCUT2D eigenvalue weighted by molar-refractivity contribution is 5.37. The van der Waals surface area contributed by atoms with Crippen molar-refractivity contribution in [3.8, 4) is 0 Å². The average molecular weight is 561 g/mol. The third kappa shape index (κ3) is 33.2. The highest BCUT2D eigenvalue weighted by Crippen LogP contribution is 2.17. The van der Waals surface area contributed by atoms with Gasteiger partial charge in [0, 0.05) is 0 Å². The van der Waals surface area contributed by atoms with Crippen LogP contribution in [-0.2, 0) is 9.53 Å². The lowest BCUT2D eigenvalue weighted by Gasteiger charge is -2.15. The number of allylic oxidation sites excluding steroid dienone is 4. The molecule has 0 fully saturated rings. The maximum atomic E-state index is 10.9. The second kappa shape index (κ2) is 36.0. The molecule has 0 aromatic carbocycles. The number of rotatable bonds is 34. The molecule has 0 aromatic rings. The zero-order valence-corrected chi connectivity index (χ0v) is 27.5. The molecule has 0 saturated carbocycles. The van der Waals surface area contributed by atoms with Crippen LogP contribution in [-0.4, -0.2) is 12.6 Å². The Hall–Kier alpha value is -1.05. The summed E-state index contributed by atoms with van der Waals surface area (Å²) in [6, 6.07) is 0. The molecule has 0 aliphatic carbocycles. The van der Waals surface area contributed by atoms with E-state index in [0.29, 0.717) is 6.47 Å². The first kappa shape index (κ1) is 39.0. The van der Waals surface area contributed by atoms with Crippen molar-refractivity contribution in [3.05, 3.63) is 24.3 Å². The minimum absolute atomic E-state index is 0.145. The predicted molar refractivity (Wildman–Crippen MR) is 179 cm³/mol. The van der Waals surface area contributed by atoms with E-state index in [4.69, 9.17) is 4.74 Å². The van der Waals surface area contributed by atoms with Gasteiger partial charge in [-0.3, -0.25) is 4.79 Å². The summed E-state index contributed by atoms with van der Waals surface area (Å²) in [4.78, 5) is 10.9. The molecule has 2 heteroatoms. The number of hydrogen-bond acceptors (Lipinski definition) is 2. The molecular formula is C38H72O2. The predicted octanol–water partition coefficient (Wildman–Crippen LogP) is 13.4. The van der Waals surface area contributed by atoms with Gasteiger partial charge in [0.1, 0.15) is 6.10 Å². The third-order valence-corrected chi connectivity index (χ3v) is 8.32. The minimum Gasteiger partial charge on any atom is -0.465 e. The summed E-state index contributed by atoms with van der Waals surface area (Å²) in [6.45, 7) is 5.24. The van der Waals surface area contributed by atoms with Gasteiger partial charge in [-0.25, -0.2) is 0 Å². The zero-order chi connectivity index (χ0) is 29.0. The van der Waals surface area contributed by atoms with Crippen LogP contribution in [0.2, 0.25) is 0 Å². The fourth-order valence-corrected chi connectivity index (χ4v) is 5.60. The molecule has 0 N–H and O–H groups in total. The Kier molecular flexibility index (Phi) is 35.0. The van der Waals surface area contributed by atoms with Gasteiger partial charge < -0.3 is 4.74 Å². The van der Waals surface area contributed by atoms with Gasteiger partial charge in [0.25, 0.3) is 6.47 Å². The first-order chi connectivity index (χ1) is 19.8. The first-order valence-electron chi connectivity index (χ1n) is 18.2. The Morgan fingerprint density at radius 2 is 0.675 bits per heavy atom. The molecule has 0 unspecified atom stereocenters. The standard InChI is InChI=1S/C38H72O2/c1-3-5-7-9-11-13-15-17-19-21-23-25-27-29-31-33-35-38(40-37-39)36-34-32-30-28-26-24-22-20-18-16-14-12-10-8-6-4-2/h17-20,37-38H,3-16,21-36H2,1-2H3/b19-17-,20-18-. The van der Waals surface area contributed by atoms with Crippen molar-refractivity contribution in [2.45, 2.75) is 213 Å². The van der Waals surface area contributed by atoms with Crippen LogP contribution in [0.25, 0.3) is 0 Å². The fraction of sp³-hybridized carbons (Fsp3) is 0.868. The molecule has 0 bridgehead atoms. The summed E-state index contributed by atoms with van der Waals surface area (Å²) in [5, 5.41) is 0. The van der Waals surface area contributed by atoms with Gasteiger partial charge >= 0.3 is 0 Å². The Morgan fingerprint density at radius 1 is 0.400 bits per heavy atom. The Labute approximate surface area is 252 Å². The lowest BCUT2D eigenvalue weighted by Crippen LogP contribution is -2.12. The van der Waals surface area contributed by atoms with Crippen molar-refractivity contribution in [1.82, 2.24) is 0 Å². The van der Waals surface area contributed by atoms with E-state index in [1.807, 2.05) is 0 Å². The van der Waals surface area contributed by atoms with E-state index in [2.05, 4.69) is 38.2 Å². The van der Waals surface area contributed by atoms with Crippen LogP contribution in [0.1, 0.15) is 206 Å². The highest BCUT2D eigenvalue weighted by atomic mass is 16.5. The summed E-state index contributed by atoms with van der Waals surface area (Å²) in [5.41, 5.74) is 0. The Morgan fingerprint density at radius 3 is 0.975 bits per heavy atom. The molecule has 40 heavy (non-hydrogen) atoms. The van der Waals surface area contributed by atoms with Gasteiger partial charge in [0.05, 0.1) is 0 Å². The number of unbranched alkanes of at least 4 members (excludes halogenated alkanes) is 24. The summed E-state index contributed by atoms with van der Waals surface area (Å²) in [7, 11) is 0. The van der Waals surface area contributed by atoms with Crippen molar-refractivity contribution < 1.29 is 9.53 Å². The molecule has 0 aromatic heterocycles. The van der Waals surface area contributed by atoms with Crippen molar-refractivity contribution in [1.29, 1.82) is 0 Å². The Bertz CT molecular complexity index is 482. The van der Waals surface area contributed by atoms with Crippen LogP contribution < -0.4 is 0 Å². The molecule has 0 amide bonds. The third-order valence-electron chi connectivity index (χ3n) is 8.32. The van der Waals surface area contributed by atoms with E-state index in [9.17, 15) is 4.79 Å². The molecular weight excluding hydrogens is 488 g/mol. The fourth-order valence-electron chi connectivity index (χ4n) is 5.60. The molecule has 0 aliphatic rings.